The van der Waals surface area contributed by atoms with Crippen LogP contribution in [-0.4, -0.2) is 11.6 Å². The predicted octanol–water partition coefficient (Wildman–Crippen LogP) is 1.55. The van der Waals surface area contributed by atoms with Crippen molar-refractivity contribution >= 4 is 11.6 Å². The minimum Gasteiger partial charge on any atom is -0.370 e. The van der Waals surface area contributed by atoms with Crippen LogP contribution in [0.25, 0.3) is 0 Å². The van der Waals surface area contributed by atoms with Gasteiger partial charge in [-0.15, -0.1) is 0 Å². The van der Waals surface area contributed by atoms with Crippen LogP contribution in [0.2, 0.25) is 0 Å². The molecule has 1 amide bonds. The highest BCUT2D eigenvalue weighted by atomic mass is 16.1. The first kappa shape index (κ1) is 9.71. The van der Waals surface area contributed by atoms with Crippen LogP contribution >= 0.6 is 0 Å². The molecule has 1 rings (SSSR count). The number of hydrogen-bond acceptors (Lipinski definition) is 2. The standard InChI is InChI=1S/C10H14N2O/c11-9(6-7-10(12)13)8-4-2-1-3-5-8/h1-2,4,11H,3,5-7H2,(H2,12,13). The second-order valence-corrected chi connectivity index (χ2v) is 3.10. The zero-order valence-corrected chi connectivity index (χ0v) is 7.55. The number of carbonyl (C=O) groups is 1. The zero-order chi connectivity index (χ0) is 9.68. The van der Waals surface area contributed by atoms with Gasteiger partial charge in [0.1, 0.15) is 0 Å². The van der Waals surface area contributed by atoms with Crippen LogP contribution in [0, 0.1) is 5.41 Å². The summed E-state index contributed by atoms with van der Waals surface area (Å²) in [4.78, 5) is 10.5. The number of hydrogen-bond donors (Lipinski definition) is 2. The summed E-state index contributed by atoms with van der Waals surface area (Å²) in [5.74, 6) is -0.336. The molecule has 3 heteroatoms. The predicted molar refractivity (Wildman–Crippen MR) is 52.6 cm³/mol. The molecule has 0 unspecified atom stereocenters. The molecule has 0 heterocycles. The third-order valence-electron chi connectivity index (χ3n) is 2.02. The third-order valence-corrected chi connectivity index (χ3v) is 2.02. The first-order valence-corrected chi connectivity index (χ1v) is 4.42. The molecule has 0 aromatic rings. The molecule has 0 bridgehead atoms. The lowest BCUT2D eigenvalue weighted by atomic mass is 9.98. The van der Waals surface area contributed by atoms with E-state index >= 15 is 0 Å². The minimum absolute atomic E-state index is 0.278. The SMILES string of the molecule is N=C(CCC(N)=O)C1=CC=CCC1. The second-order valence-electron chi connectivity index (χ2n) is 3.10. The number of rotatable bonds is 4. The zero-order valence-electron chi connectivity index (χ0n) is 7.55. The van der Waals surface area contributed by atoms with Crippen molar-refractivity contribution in [2.75, 3.05) is 0 Å². The second kappa shape index (κ2) is 4.60. The van der Waals surface area contributed by atoms with Gasteiger partial charge in [0.25, 0.3) is 0 Å². The van der Waals surface area contributed by atoms with Gasteiger partial charge in [0.05, 0.1) is 0 Å². The molecule has 1 aliphatic carbocycles. The van der Waals surface area contributed by atoms with E-state index in [1.165, 1.54) is 0 Å². The molecule has 0 aromatic carbocycles. The number of nitrogens with one attached hydrogen (secondary N) is 1. The summed E-state index contributed by atoms with van der Waals surface area (Å²) in [7, 11) is 0. The molecular weight excluding hydrogens is 164 g/mol. The highest BCUT2D eigenvalue weighted by Crippen LogP contribution is 2.14. The fraction of sp³-hybridized carbons (Fsp3) is 0.400. The summed E-state index contributed by atoms with van der Waals surface area (Å²) in [6.45, 7) is 0. The van der Waals surface area contributed by atoms with E-state index < -0.39 is 0 Å². The third kappa shape index (κ3) is 3.23. The fourth-order valence-corrected chi connectivity index (χ4v) is 1.26. The number of allylic oxidation sites excluding steroid dienone is 4. The Morgan fingerprint density at radius 3 is 2.85 bits per heavy atom. The smallest absolute Gasteiger partial charge is 0.217 e. The maximum Gasteiger partial charge on any atom is 0.217 e. The van der Waals surface area contributed by atoms with Gasteiger partial charge in [-0.2, -0.15) is 0 Å². The van der Waals surface area contributed by atoms with Crippen molar-refractivity contribution < 1.29 is 4.79 Å². The van der Waals surface area contributed by atoms with Gasteiger partial charge in [-0.1, -0.05) is 18.2 Å². The van der Waals surface area contributed by atoms with Gasteiger partial charge >= 0.3 is 0 Å². The van der Waals surface area contributed by atoms with Crippen LogP contribution in [0.15, 0.2) is 23.8 Å². The summed E-state index contributed by atoms with van der Waals surface area (Å²) in [6.07, 6.45) is 8.61. The lowest BCUT2D eigenvalue weighted by Crippen LogP contribution is -2.13. The molecule has 0 spiro atoms. The van der Waals surface area contributed by atoms with Crippen LogP contribution in [0.4, 0.5) is 0 Å². The van der Waals surface area contributed by atoms with Crippen molar-refractivity contribution in [2.24, 2.45) is 5.73 Å². The monoisotopic (exact) mass is 178 g/mol. The maximum atomic E-state index is 10.5. The Morgan fingerprint density at radius 1 is 1.54 bits per heavy atom. The Bertz CT molecular complexity index is 277. The van der Waals surface area contributed by atoms with E-state index in [-0.39, 0.29) is 12.3 Å². The molecule has 13 heavy (non-hydrogen) atoms. The van der Waals surface area contributed by atoms with E-state index in [9.17, 15) is 4.79 Å². The minimum atomic E-state index is -0.336. The van der Waals surface area contributed by atoms with E-state index in [1.54, 1.807) is 0 Å². The van der Waals surface area contributed by atoms with Crippen molar-refractivity contribution in [2.45, 2.75) is 25.7 Å². The average molecular weight is 178 g/mol. The highest BCUT2D eigenvalue weighted by Gasteiger charge is 2.07. The molecule has 0 saturated carbocycles. The molecule has 0 aromatic heterocycles. The van der Waals surface area contributed by atoms with Crippen molar-refractivity contribution in [1.82, 2.24) is 0 Å². The van der Waals surface area contributed by atoms with Gasteiger partial charge in [0.2, 0.25) is 5.91 Å². The average Bonchev–Trinajstić information content (AvgIpc) is 2.15. The number of carbonyl (C=O) groups excluding carboxylic acids is 1. The van der Waals surface area contributed by atoms with Crippen LogP contribution in [0.5, 0.6) is 0 Å². The summed E-state index contributed by atoms with van der Waals surface area (Å²) in [6, 6.07) is 0. The Labute approximate surface area is 77.8 Å². The van der Waals surface area contributed by atoms with E-state index in [4.69, 9.17) is 11.1 Å². The molecule has 0 atom stereocenters. The molecular formula is C10H14N2O. The van der Waals surface area contributed by atoms with Gasteiger partial charge in [-0.05, 0) is 24.8 Å². The maximum absolute atomic E-state index is 10.5. The lowest BCUT2D eigenvalue weighted by Gasteiger charge is -2.09. The van der Waals surface area contributed by atoms with Crippen molar-refractivity contribution in [1.29, 1.82) is 5.41 Å². The Hall–Kier alpha value is -1.38. The highest BCUT2D eigenvalue weighted by molar-refractivity contribution is 5.99. The Morgan fingerprint density at radius 2 is 2.31 bits per heavy atom. The molecule has 3 N–H and O–H groups in total. The van der Waals surface area contributed by atoms with Crippen molar-refractivity contribution in [3.63, 3.8) is 0 Å². The fourth-order valence-electron chi connectivity index (χ4n) is 1.26. The molecule has 0 aliphatic heterocycles. The van der Waals surface area contributed by atoms with Gasteiger partial charge in [0.15, 0.2) is 0 Å². The van der Waals surface area contributed by atoms with E-state index in [2.05, 4.69) is 6.08 Å². The number of nitrogens with two attached hydrogens (primary N) is 1. The van der Waals surface area contributed by atoms with Gasteiger partial charge in [-0.25, -0.2) is 0 Å². The number of primary amides is 1. The molecule has 1 aliphatic rings. The van der Waals surface area contributed by atoms with Crippen molar-refractivity contribution in [3.8, 4) is 0 Å². The normalized spacial score (nSPS) is 15.2. The first-order valence-electron chi connectivity index (χ1n) is 4.42. The van der Waals surface area contributed by atoms with Crippen LogP contribution < -0.4 is 5.73 Å². The summed E-state index contributed by atoms with van der Waals surface area (Å²) >= 11 is 0. The summed E-state index contributed by atoms with van der Waals surface area (Å²) < 4.78 is 0. The summed E-state index contributed by atoms with van der Waals surface area (Å²) in [5.41, 5.74) is 6.58. The summed E-state index contributed by atoms with van der Waals surface area (Å²) in [5, 5.41) is 7.67. The van der Waals surface area contributed by atoms with Crippen LogP contribution in [-0.2, 0) is 4.79 Å². The molecule has 3 nitrogen and oxygen atoms in total. The van der Waals surface area contributed by atoms with E-state index in [0.29, 0.717) is 12.1 Å². The van der Waals surface area contributed by atoms with Gasteiger partial charge < -0.3 is 11.1 Å². The largest absolute Gasteiger partial charge is 0.370 e. The Balaban J connectivity index is 2.43. The molecule has 70 valence electrons. The van der Waals surface area contributed by atoms with Gasteiger partial charge in [0, 0.05) is 12.1 Å². The van der Waals surface area contributed by atoms with E-state index in [0.717, 1.165) is 18.4 Å². The molecule has 0 radical (unpaired) electrons. The lowest BCUT2D eigenvalue weighted by molar-refractivity contribution is -0.117. The quantitative estimate of drug-likeness (QED) is 0.630. The topological polar surface area (TPSA) is 66.9 Å². The van der Waals surface area contributed by atoms with Crippen LogP contribution in [0.3, 0.4) is 0 Å². The molecule has 0 fully saturated rings. The van der Waals surface area contributed by atoms with Crippen molar-refractivity contribution in [3.05, 3.63) is 23.8 Å². The Kier molecular flexibility index (Phi) is 3.43. The number of amides is 1. The molecule has 0 saturated heterocycles. The van der Waals surface area contributed by atoms with Crippen LogP contribution in [0.1, 0.15) is 25.7 Å². The first-order chi connectivity index (χ1) is 6.20. The van der Waals surface area contributed by atoms with Gasteiger partial charge in [-0.3, -0.25) is 4.79 Å². The van der Waals surface area contributed by atoms with E-state index in [1.807, 2.05) is 12.2 Å².